The summed E-state index contributed by atoms with van der Waals surface area (Å²) in [6.45, 7) is 3.56. The maximum Gasteiger partial charge on any atom is 0.418 e. The molecule has 2 aromatic carbocycles. The Morgan fingerprint density at radius 1 is 1.12 bits per heavy atom. The third-order valence-corrected chi connectivity index (χ3v) is 6.38. The molecule has 0 radical (unpaired) electrons. The minimum absolute atomic E-state index is 0.126. The van der Waals surface area contributed by atoms with Crippen molar-refractivity contribution >= 4 is 29.3 Å². The molecule has 0 spiro atoms. The van der Waals surface area contributed by atoms with Crippen LogP contribution >= 0.6 is 23.4 Å². The number of nitrogens with zero attached hydrogens (tertiary/aromatic N) is 4. The molecule has 1 aliphatic heterocycles. The third kappa shape index (κ3) is 5.18. The van der Waals surface area contributed by atoms with Gasteiger partial charge in [0.1, 0.15) is 0 Å². The highest BCUT2D eigenvalue weighted by Crippen LogP contribution is 2.38. The van der Waals surface area contributed by atoms with Crippen molar-refractivity contribution in [1.29, 1.82) is 0 Å². The van der Waals surface area contributed by atoms with Gasteiger partial charge in [-0.3, -0.25) is 9.36 Å². The van der Waals surface area contributed by atoms with Crippen LogP contribution in [0.2, 0.25) is 5.02 Å². The Balaban J connectivity index is 1.78. The van der Waals surface area contributed by atoms with Gasteiger partial charge in [0.05, 0.1) is 29.7 Å². The average Bonchev–Trinajstić information content (AvgIpc) is 3.22. The van der Waals surface area contributed by atoms with Gasteiger partial charge in [-0.2, -0.15) is 13.2 Å². The maximum atomic E-state index is 13.8. The summed E-state index contributed by atoms with van der Waals surface area (Å²) in [7, 11) is 0. The molecular weight excluding hydrogens is 477 g/mol. The van der Waals surface area contributed by atoms with Crippen LogP contribution in [0.5, 0.6) is 0 Å². The van der Waals surface area contributed by atoms with E-state index in [2.05, 4.69) is 10.2 Å². The van der Waals surface area contributed by atoms with Crippen molar-refractivity contribution in [3.8, 4) is 17.1 Å². The van der Waals surface area contributed by atoms with Crippen LogP contribution in [0.3, 0.4) is 0 Å². The summed E-state index contributed by atoms with van der Waals surface area (Å²) in [6, 6.07) is 11.9. The fourth-order valence-corrected chi connectivity index (χ4v) is 4.67. The largest absolute Gasteiger partial charge is 0.418 e. The van der Waals surface area contributed by atoms with E-state index in [1.54, 1.807) is 36.1 Å². The highest BCUT2D eigenvalue weighted by Gasteiger charge is 2.35. The number of halogens is 4. The number of thioether (sulfide) groups is 1. The van der Waals surface area contributed by atoms with E-state index in [0.717, 1.165) is 17.8 Å². The van der Waals surface area contributed by atoms with E-state index in [1.165, 1.54) is 22.8 Å². The lowest BCUT2D eigenvalue weighted by Gasteiger charge is -2.29. The molecule has 3 aromatic rings. The molecule has 1 amide bonds. The summed E-state index contributed by atoms with van der Waals surface area (Å²) >= 11 is 7.18. The lowest BCUT2D eigenvalue weighted by Crippen LogP contribution is -2.44. The highest BCUT2D eigenvalue weighted by molar-refractivity contribution is 8.00. The normalized spacial score (nSPS) is 15.5. The van der Waals surface area contributed by atoms with Crippen LogP contribution in [0, 0.1) is 0 Å². The zero-order valence-corrected chi connectivity index (χ0v) is 19.1. The van der Waals surface area contributed by atoms with Gasteiger partial charge in [0.2, 0.25) is 5.91 Å². The SMILES string of the molecule is CC(Sc1nnc(-c2cccc(Cl)c2)n1-c1ccccc1C(F)(F)F)C(=O)N1CCOCC1. The van der Waals surface area contributed by atoms with Gasteiger partial charge in [-0.15, -0.1) is 10.2 Å². The van der Waals surface area contributed by atoms with Gasteiger partial charge in [-0.05, 0) is 31.2 Å². The summed E-state index contributed by atoms with van der Waals surface area (Å²) < 4.78 is 48.2. The van der Waals surface area contributed by atoms with Gasteiger partial charge >= 0.3 is 6.18 Å². The first-order valence-corrected chi connectivity index (χ1v) is 11.4. The summed E-state index contributed by atoms with van der Waals surface area (Å²) in [5, 5.41) is 8.34. The molecule has 0 bridgehead atoms. The number of rotatable bonds is 5. The summed E-state index contributed by atoms with van der Waals surface area (Å²) in [6.07, 6.45) is -4.59. The number of para-hydroxylation sites is 1. The van der Waals surface area contributed by atoms with Crippen LogP contribution in [0.4, 0.5) is 13.2 Å². The van der Waals surface area contributed by atoms with Crippen molar-refractivity contribution < 1.29 is 22.7 Å². The standard InChI is InChI=1S/C22H20ClF3N4O2S/c1-14(20(31)29-9-11-32-12-10-29)33-21-28-27-19(15-5-4-6-16(23)13-15)30(21)18-8-3-2-7-17(18)22(24,25)26/h2-8,13-14H,9-12H2,1H3. The molecule has 2 heterocycles. The molecule has 1 atom stereocenters. The Morgan fingerprint density at radius 3 is 2.55 bits per heavy atom. The molecule has 0 saturated carbocycles. The molecule has 174 valence electrons. The third-order valence-electron chi connectivity index (χ3n) is 5.12. The van der Waals surface area contributed by atoms with Crippen molar-refractivity contribution in [3.63, 3.8) is 0 Å². The van der Waals surface area contributed by atoms with E-state index in [-0.39, 0.29) is 22.6 Å². The smallest absolute Gasteiger partial charge is 0.378 e. The fourth-order valence-electron chi connectivity index (χ4n) is 3.54. The highest BCUT2D eigenvalue weighted by atomic mass is 35.5. The van der Waals surface area contributed by atoms with E-state index < -0.39 is 17.0 Å². The molecular formula is C22H20ClF3N4O2S. The summed E-state index contributed by atoms with van der Waals surface area (Å²) in [5.41, 5.74) is -0.452. The molecule has 1 aliphatic rings. The summed E-state index contributed by atoms with van der Waals surface area (Å²) in [5.74, 6) is 0.0639. The summed E-state index contributed by atoms with van der Waals surface area (Å²) in [4.78, 5) is 14.6. The van der Waals surface area contributed by atoms with Gasteiger partial charge in [0.15, 0.2) is 11.0 Å². The Hall–Kier alpha value is -2.56. The molecule has 33 heavy (non-hydrogen) atoms. The first-order valence-electron chi connectivity index (χ1n) is 10.2. The Morgan fingerprint density at radius 2 is 1.85 bits per heavy atom. The molecule has 1 fully saturated rings. The number of benzene rings is 2. The maximum absolute atomic E-state index is 13.8. The fraction of sp³-hybridized carbons (Fsp3) is 0.318. The number of ether oxygens (including phenoxy) is 1. The molecule has 6 nitrogen and oxygen atoms in total. The molecule has 0 aliphatic carbocycles. The van der Waals surface area contributed by atoms with Crippen molar-refractivity contribution in [1.82, 2.24) is 19.7 Å². The first kappa shape index (κ1) is 23.6. The van der Waals surface area contributed by atoms with Crippen molar-refractivity contribution in [2.45, 2.75) is 23.5 Å². The molecule has 11 heteroatoms. The minimum Gasteiger partial charge on any atom is -0.378 e. The molecule has 1 aromatic heterocycles. The van der Waals surface area contributed by atoms with Crippen molar-refractivity contribution in [2.24, 2.45) is 0 Å². The molecule has 1 unspecified atom stereocenters. The monoisotopic (exact) mass is 496 g/mol. The zero-order chi connectivity index (χ0) is 23.6. The van der Waals surface area contributed by atoms with Crippen molar-refractivity contribution in [2.75, 3.05) is 26.3 Å². The second kappa shape index (κ2) is 9.74. The van der Waals surface area contributed by atoms with Crippen LogP contribution in [0.25, 0.3) is 17.1 Å². The Kier molecular flexibility index (Phi) is 6.96. The lowest BCUT2D eigenvalue weighted by atomic mass is 10.1. The first-order chi connectivity index (χ1) is 15.8. The molecule has 4 rings (SSSR count). The number of morpholine rings is 1. The van der Waals surface area contributed by atoms with E-state index in [9.17, 15) is 18.0 Å². The van der Waals surface area contributed by atoms with Crippen LogP contribution < -0.4 is 0 Å². The van der Waals surface area contributed by atoms with Crippen LogP contribution in [-0.2, 0) is 15.7 Å². The Bertz CT molecular complexity index is 1150. The van der Waals surface area contributed by atoms with Crippen molar-refractivity contribution in [3.05, 3.63) is 59.1 Å². The number of hydrogen-bond acceptors (Lipinski definition) is 5. The van der Waals surface area contributed by atoms with Gasteiger partial charge < -0.3 is 9.64 Å². The lowest BCUT2D eigenvalue weighted by molar-refractivity contribution is -0.137. The quantitative estimate of drug-likeness (QED) is 0.468. The van der Waals surface area contributed by atoms with Gasteiger partial charge in [-0.25, -0.2) is 0 Å². The minimum atomic E-state index is -4.59. The number of hydrogen-bond donors (Lipinski definition) is 0. The van der Waals surface area contributed by atoms with E-state index in [4.69, 9.17) is 16.3 Å². The number of amides is 1. The number of aromatic nitrogens is 3. The van der Waals surface area contributed by atoms with Crippen LogP contribution in [0.1, 0.15) is 12.5 Å². The topological polar surface area (TPSA) is 60.2 Å². The second-order valence-corrected chi connectivity index (χ2v) is 9.11. The van der Waals surface area contributed by atoms with E-state index in [0.29, 0.717) is 36.9 Å². The average molecular weight is 497 g/mol. The Labute approximate surface area is 197 Å². The second-order valence-electron chi connectivity index (χ2n) is 7.36. The van der Waals surface area contributed by atoms with Crippen LogP contribution in [0.15, 0.2) is 53.7 Å². The van der Waals surface area contributed by atoms with Crippen LogP contribution in [-0.4, -0.2) is 57.1 Å². The number of carbonyl (C=O) groups is 1. The van der Waals surface area contributed by atoms with E-state index >= 15 is 0 Å². The predicted molar refractivity (Wildman–Crippen MR) is 120 cm³/mol. The molecule has 1 saturated heterocycles. The van der Waals surface area contributed by atoms with Gasteiger partial charge in [0.25, 0.3) is 0 Å². The number of alkyl halides is 3. The number of carbonyl (C=O) groups excluding carboxylic acids is 1. The predicted octanol–water partition coefficient (Wildman–Crippen LogP) is 4.95. The zero-order valence-electron chi connectivity index (χ0n) is 17.6. The molecule has 0 N–H and O–H groups in total. The van der Waals surface area contributed by atoms with Gasteiger partial charge in [0, 0.05) is 23.7 Å². The van der Waals surface area contributed by atoms with Gasteiger partial charge in [-0.1, -0.05) is 47.6 Å². The van der Waals surface area contributed by atoms with E-state index in [1.807, 2.05) is 0 Å².